The molecular formula is C21H20F3NO5. The van der Waals surface area contributed by atoms with E-state index < -0.39 is 29.7 Å². The topological polar surface area (TPSA) is 73.9 Å². The molecule has 0 heterocycles. The number of esters is 1. The lowest BCUT2D eigenvalue weighted by Crippen LogP contribution is -2.29. The molecule has 160 valence electrons. The van der Waals surface area contributed by atoms with Gasteiger partial charge in [0.25, 0.3) is 5.91 Å². The van der Waals surface area contributed by atoms with Crippen molar-refractivity contribution in [3.63, 3.8) is 0 Å². The van der Waals surface area contributed by atoms with E-state index in [9.17, 15) is 22.8 Å². The highest BCUT2D eigenvalue weighted by atomic mass is 19.4. The number of amides is 1. The van der Waals surface area contributed by atoms with E-state index in [2.05, 4.69) is 5.32 Å². The van der Waals surface area contributed by atoms with E-state index in [1.165, 1.54) is 39.4 Å². The molecule has 0 radical (unpaired) electrons. The SMILES string of the molecule is COc1cccc(C=CC(=O)OC(C)C(=O)Nc2cccc(C(F)(F)F)c2)c1OC. The van der Waals surface area contributed by atoms with Crippen molar-refractivity contribution in [2.45, 2.75) is 19.2 Å². The monoisotopic (exact) mass is 423 g/mol. The van der Waals surface area contributed by atoms with Crippen molar-refractivity contribution in [2.24, 2.45) is 0 Å². The molecule has 0 aliphatic heterocycles. The Morgan fingerprint density at radius 1 is 1.07 bits per heavy atom. The van der Waals surface area contributed by atoms with Crippen molar-refractivity contribution in [1.29, 1.82) is 0 Å². The molecule has 1 amide bonds. The highest BCUT2D eigenvalue weighted by Gasteiger charge is 2.30. The molecule has 0 aromatic heterocycles. The normalized spacial score (nSPS) is 12.3. The maximum Gasteiger partial charge on any atom is 0.416 e. The van der Waals surface area contributed by atoms with Gasteiger partial charge in [-0.1, -0.05) is 18.2 Å². The van der Waals surface area contributed by atoms with Crippen molar-refractivity contribution in [3.8, 4) is 11.5 Å². The van der Waals surface area contributed by atoms with Crippen LogP contribution in [0.15, 0.2) is 48.5 Å². The summed E-state index contributed by atoms with van der Waals surface area (Å²) in [5.74, 6) is -0.692. The maximum atomic E-state index is 12.8. The van der Waals surface area contributed by atoms with Gasteiger partial charge in [0.05, 0.1) is 19.8 Å². The van der Waals surface area contributed by atoms with Gasteiger partial charge in [-0.3, -0.25) is 4.79 Å². The summed E-state index contributed by atoms with van der Waals surface area (Å²) < 4.78 is 53.7. The van der Waals surface area contributed by atoms with E-state index in [-0.39, 0.29) is 5.69 Å². The second kappa shape index (κ2) is 9.82. The molecule has 2 aromatic rings. The Morgan fingerprint density at radius 3 is 2.40 bits per heavy atom. The summed E-state index contributed by atoms with van der Waals surface area (Å²) in [4.78, 5) is 24.2. The Hall–Kier alpha value is -3.49. The van der Waals surface area contributed by atoms with Crippen molar-refractivity contribution < 1.29 is 37.0 Å². The van der Waals surface area contributed by atoms with Crippen LogP contribution in [-0.4, -0.2) is 32.2 Å². The summed E-state index contributed by atoms with van der Waals surface area (Å²) >= 11 is 0. The second-order valence-corrected chi connectivity index (χ2v) is 6.06. The zero-order chi connectivity index (χ0) is 22.3. The van der Waals surface area contributed by atoms with Crippen molar-refractivity contribution in [3.05, 3.63) is 59.7 Å². The lowest BCUT2D eigenvalue weighted by molar-refractivity contribution is -0.148. The van der Waals surface area contributed by atoms with Crippen LogP contribution in [0.3, 0.4) is 0 Å². The Balaban J connectivity index is 2.01. The number of alkyl halides is 3. The lowest BCUT2D eigenvalue weighted by atomic mass is 10.1. The van der Waals surface area contributed by atoms with Crippen molar-refractivity contribution in [2.75, 3.05) is 19.5 Å². The fourth-order valence-electron chi connectivity index (χ4n) is 2.49. The smallest absolute Gasteiger partial charge is 0.416 e. The Labute approximate surface area is 171 Å². The van der Waals surface area contributed by atoms with E-state index in [0.29, 0.717) is 17.1 Å². The second-order valence-electron chi connectivity index (χ2n) is 6.06. The fourth-order valence-corrected chi connectivity index (χ4v) is 2.49. The summed E-state index contributed by atoms with van der Waals surface area (Å²) in [6.07, 6.45) is -3.24. The molecule has 0 saturated heterocycles. The number of nitrogens with one attached hydrogen (secondary N) is 1. The minimum Gasteiger partial charge on any atom is -0.493 e. The predicted octanol–water partition coefficient (Wildman–Crippen LogP) is 4.31. The number of halogens is 3. The number of methoxy groups -OCH3 is 2. The van der Waals surface area contributed by atoms with Crippen LogP contribution in [0, 0.1) is 0 Å². The number of benzene rings is 2. The number of carbonyl (C=O) groups excluding carboxylic acids is 2. The number of rotatable bonds is 7. The van der Waals surface area contributed by atoms with Gasteiger partial charge in [0.15, 0.2) is 17.6 Å². The van der Waals surface area contributed by atoms with Gasteiger partial charge in [0.1, 0.15) is 0 Å². The summed E-state index contributed by atoms with van der Waals surface area (Å²) in [6, 6.07) is 9.23. The van der Waals surface area contributed by atoms with Crippen LogP contribution >= 0.6 is 0 Å². The van der Waals surface area contributed by atoms with Gasteiger partial charge in [0, 0.05) is 17.3 Å². The maximum absolute atomic E-state index is 12.8. The molecule has 6 nitrogen and oxygen atoms in total. The largest absolute Gasteiger partial charge is 0.493 e. The average molecular weight is 423 g/mol. The van der Waals surface area contributed by atoms with E-state index in [4.69, 9.17) is 14.2 Å². The van der Waals surface area contributed by atoms with Gasteiger partial charge >= 0.3 is 12.1 Å². The highest BCUT2D eigenvalue weighted by Crippen LogP contribution is 2.32. The number of hydrogen-bond donors (Lipinski definition) is 1. The first-order valence-electron chi connectivity index (χ1n) is 8.73. The van der Waals surface area contributed by atoms with Crippen LogP contribution in [0.25, 0.3) is 6.08 Å². The van der Waals surface area contributed by atoms with Crippen LogP contribution in [0.2, 0.25) is 0 Å². The minimum absolute atomic E-state index is 0.0608. The zero-order valence-electron chi connectivity index (χ0n) is 16.4. The lowest BCUT2D eigenvalue weighted by Gasteiger charge is -2.14. The number of carbonyl (C=O) groups is 2. The first-order valence-corrected chi connectivity index (χ1v) is 8.73. The van der Waals surface area contributed by atoms with Crippen molar-refractivity contribution in [1.82, 2.24) is 0 Å². The summed E-state index contributed by atoms with van der Waals surface area (Å²) in [7, 11) is 2.93. The predicted molar refractivity (Wildman–Crippen MR) is 104 cm³/mol. The van der Waals surface area contributed by atoms with E-state index in [1.807, 2.05) is 0 Å². The Bertz CT molecular complexity index is 940. The molecule has 30 heavy (non-hydrogen) atoms. The molecule has 2 aromatic carbocycles. The van der Waals surface area contributed by atoms with Crippen molar-refractivity contribution >= 4 is 23.6 Å². The van der Waals surface area contributed by atoms with Crippen LogP contribution < -0.4 is 14.8 Å². The summed E-state index contributed by atoms with van der Waals surface area (Å²) in [5, 5.41) is 2.29. The molecule has 0 spiro atoms. The number of ether oxygens (including phenoxy) is 3. The molecular weight excluding hydrogens is 403 g/mol. The van der Waals surface area contributed by atoms with Gasteiger partial charge < -0.3 is 19.5 Å². The molecule has 2 rings (SSSR count). The van der Waals surface area contributed by atoms with Gasteiger partial charge in [-0.2, -0.15) is 13.2 Å². The fraction of sp³-hybridized carbons (Fsp3) is 0.238. The van der Waals surface area contributed by atoms with Crippen LogP contribution in [0.4, 0.5) is 18.9 Å². The average Bonchev–Trinajstić information content (AvgIpc) is 2.71. The summed E-state index contributed by atoms with van der Waals surface area (Å²) in [6.45, 7) is 1.31. The summed E-state index contributed by atoms with van der Waals surface area (Å²) in [5.41, 5.74) is -0.413. The first-order chi connectivity index (χ1) is 14.2. The van der Waals surface area contributed by atoms with Crippen LogP contribution in [-0.2, 0) is 20.5 Å². The molecule has 0 saturated carbocycles. The zero-order valence-corrected chi connectivity index (χ0v) is 16.4. The molecule has 0 aliphatic carbocycles. The third-order valence-electron chi connectivity index (χ3n) is 3.95. The van der Waals surface area contributed by atoms with Gasteiger partial charge in [-0.25, -0.2) is 4.79 Å². The number of anilines is 1. The minimum atomic E-state index is -4.54. The van der Waals surface area contributed by atoms with E-state index in [1.54, 1.807) is 18.2 Å². The van der Waals surface area contributed by atoms with Gasteiger partial charge in [-0.05, 0) is 37.3 Å². The quantitative estimate of drug-likeness (QED) is 0.531. The molecule has 1 unspecified atom stereocenters. The molecule has 0 aliphatic rings. The molecule has 1 N–H and O–H groups in total. The van der Waals surface area contributed by atoms with E-state index in [0.717, 1.165) is 18.2 Å². The molecule has 1 atom stereocenters. The highest BCUT2D eigenvalue weighted by molar-refractivity contribution is 5.96. The van der Waals surface area contributed by atoms with E-state index >= 15 is 0 Å². The van der Waals surface area contributed by atoms with Crippen LogP contribution in [0.1, 0.15) is 18.1 Å². The third kappa shape index (κ3) is 6.00. The van der Waals surface area contributed by atoms with Crippen LogP contribution in [0.5, 0.6) is 11.5 Å². The Morgan fingerprint density at radius 2 is 1.77 bits per heavy atom. The number of hydrogen-bond acceptors (Lipinski definition) is 5. The van der Waals surface area contributed by atoms with Gasteiger partial charge in [0.2, 0.25) is 0 Å². The Kier molecular flexibility index (Phi) is 7.46. The number of para-hydroxylation sites is 1. The molecule has 9 heteroatoms. The third-order valence-corrected chi connectivity index (χ3v) is 3.95. The first kappa shape index (κ1) is 22.8. The van der Waals surface area contributed by atoms with Gasteiger partial charge in [-0.15, -0.1) is 0 Å². The molecule has 0 fully saturated rings. The molecule has 0 bridgehead atoms. The standard InChI is InChI=1S/C21H20F3NO5/c1-13(20(27)25-16-8-5-7-15(12-16)21(22,23)24)30-18(26)11-10-14-6-4-9-17(28-2)19(14)29-3/h4-13H,1-3H3,(H,25,27).